The van der Waals surface area contributed by atoms with E-state index in [2.05, 4.69) is 25.4 Å². The van der Waals surface area contributed by atoms with Crippen LogP contribution >= 0.6 is 0 Å². The van der Waals surface area contributed by atoms with E-state index >= 15 is 0 Å². The van der Waals surface area contributed by atoms with Crippen LogP contribution in [0, 0.1) is 6.92 Å². The van der Waals surface area contributed by atoms with E-state index in [0.29, 0.717) is 5.82 Å². The van der Waals surface area contributed by atoms with Crippen molar-refractivity contribution in [2.75, 3.05) is 23.3 Å². The normalized spacial score (nSPS) is 15.0. The van der Waals surface area contributed by atoms with E-state index in [1.54, 1.807) is 6.92 Å². The second-order valence-corrected chi connectivity index (χ2v) is 5.29. The van der Waals surface area contributed by atoms with Gasteiger partial charge in [0.25, 0.3) is 5.91 Å². The first-order valence-corrected chi connectivity index (χ1v) is 7.28. The van der Waals surface area contributed by atoms with Crippen molar-refractivity contribution < 1.29 is 4.79 Å². The zero-order valence-electron chi connectivity index (χ0n) is 12.1. The molecule has 2 heterocycles. The molecule has 1 aliphatic rings. The number of hydrogen-bond donors (Lipinski definition) is 2. The molecule has 1 aliphatic heterocycles. The van der Waals surface area contributed by atoms with Gasteiger partial charge in [0, 0.05) is 24.5 Å². The number of anilines is 2. The van der Waals surface area contributed by atoms with Crippen LogP contribution in [0.3, 0.4) is 0 Å². The quantitative estimate of drug-likeness (QED) is 0.908. The molecule has 0 spiro atoms. The maximum atomic E-state index is 11.9. The molecule has 6 nitrogen and oxygen atoms in total. The van der Waals surface area contributed by atoms with E-state index in [4.69, 9.17) is 0 Å². The number of carbonyl (C=O) groups excluding carboxylic acids is 1. The summed E-state index contributed by atoms with van der Waals surface area (Å²) in [5.74, 6) is 0.485. The lowest BCUT2D eigenvalue weighted by molar-refractivity contribution is 0.101. The van der Waals surface area contributed by atoms with Crippen molar-refractivity contribution in [1.82, 2.24) is 15.2 Å². The van der Waals surface area contributed by atoms with Gasteiger partial charge in [-0.2, -0.15) is 0 Å². The standard InChI is InChI=1S/C15H19N5O/c1-11-16-14(19-18-11)15(21)17-12-5-7-13(8-6-12)20-9-3-2-4-10-20/h5-8H,2-4,9-10H2,1H3,(H,17,21)(H,16,18,19). The highest BCUT2D eigenvalue weighted by molar-refractivity contribution is 6.01. The number of carbonyl (C=O) groups is 1. The number of benzene rings is 1. The fourth-order valence-electron chi connectivity index (χ4n) is 2.54. The van der Waals surface area contributed by atoms with Gasteiger partial charge in [0.1, 0.15) is 5.82 Å². The molecule has 0 aliphatic carbocycles. The van der Waals surface area contributed by atoms with Gasteiger partial charge in [-0.3, -0.25) is 9.89 Å². The molecule has 2 aromatic rings. The maximum absolute atomic E-state index is 11.9. The third-order valence-electron chi connectivity index (χ3n) is 3.65. The summed E-state index contributed by atoms with van der Waals surface area (Å²) in [4.78, 5) is 18.3. The first kappa shape index (κ1) is 13.6. The molecule has 21 heavy (non-hydrogen) atoms. The predicted molar refractivity (Wildman–Crippen MR) is 81.6 cm³/mol. The number of nitrogens with one attached hydrogen (secondary N) is 2. The molecular weight excluding hydrogens is 266 g/mol. The monoisotopic (exact) mass is 285 g/mol. The molecule has 0 unspecified atom stereocenters. The Kier molecular flexibility index (Phi) is 3.85. The lowest BCUT2D eigenvalue weighted by Crippen LogP contribution is -2.29. The summed E-state index contributed by atoms with van der Waals surface area (Å²) < 4.78 is 0. The molecule has 3 rings (SSSR count). The van der Waals surface area contributed by atoms with E-state index in [0.717, 1.165) is 18.8 Å². The van der Waals surface area contributed by atoms with Gasteiger partial charge in [-0.05, 0) is 50.5 Å². The zero-order chi connectivity index (χ0) is 14.7. The van der Waals surface area contributed by atoms with Crippen molar-refractivity contribution in [2.24, 2.45) is 0 Å². The van der Waals surface area contributed by atoms with Gasteiger partial charge in [0.05, 0.1) is 0 Å². The van der Waals surface area contributed by atoms with Crippen LogP contribution in [0.4, 0.5) is 11.4 Å². The first-order chi connectivity index (χ1) is 10.2. The van der Waals surface area contributed by atoms with E-state index in [1.807, 2.05) is 24.3 Å². The molecule has 0 atom stereocenters. The Bertz CT molecular complexity index is 613. The highest BCUT2D eigenvalue weighted by Gasteiger charge is 2.13. The molecule has 0 radical (unpaired) electrons. The smallest absolute Gasteiger partial charge is 0.295 e. The number of nitrogens with zero attached hydrogens (tertiary/aromatic N) is 3. The van der Waals surface area contributed by atoms with Gasteiger partial charge in [-0.1, -0.05) is 0 Å². The molecule has 2 N–H and O–H groups in total. The van der Waals surface area contributed by atoms with Crippen LogP contribution < -0.4 is 10.2 Å². The lowest BCUT2D eigenvalue weighted by Gasteiger charge is -2.28. The van der Waals surface area contributed by atoms with Gasteiger partial charge in [0.15, 0.2) is 0 Å². The molecule has 1 aromatic heterocycles. The van der Waals surface area contributed by atoms with Crippen LogP contribution in [0.25, 0.3) is 0 Å². The van der Waals surface area contributed by atoms with E-state index < -0.39 is 0 Å². The number of aryl methyl sites for hydroxylation is 1. The van der Waals surface area contributed by atoms with E-state index in [1.165, 1.54) is 24.9 Å². The number of amides is 1. The molecule has 0 saturated carbocycles. The Morgan fingerprint density at radius 2 is 1.90 bits per heavy atom. The van der Waals surface area contributed by atoms with Gasteiger partial charge in [0.2, 0.25) is 5.82 Å². The van der Waals surface area contributed by atoms with Gasteiger partial charge >= 0.3 is 0 Å². The van der Waals surface area contributed by atoms with Gasteiger partial charge < -0.3 is 10.2 Å². The Balaban J connectivity index is 1.65. The van der Waals surface area contributed by atoms with Gasteiger partial charge in [-0.15, -0.1) is 5.10 Å². The third-order valence-corrected chi connectivity index (χ3v) is 3.65. The Labute approximate surface area is 123 Å². The number of rotatable bonds is 3. The first-order valence-electron chi connectivity index (χ1n) is 7.28. The molecular formula is C15H19N5O. The summed E-state index contributed by atoms with van der Waals surface area (Å²) in [5.41, 5.74) is 1.96. The SMILES string of the molecule is Cc1nc(C(=O)Nc2ccc(N3CCCCC3)cc2)n[nH]1. The molecule has 1 saturated heterocycles. The molecule has 1 amide bonds. The highest BCUT2D eigenvalue weighted by atomic mass is 16.2. The number of piperidine rings is 1. The minimum Gasteiger partial charge on any atom is -0.372 e. The topological polar surface area (TPSA) is 73.9 Å². The average molecular weight is 285 g/mol. The number of hydrogen-bond acceptors (Lipinski definition) is 4. The summed E-state index contributed by atoms with van der Waals surface area (Å²) >= 11 is 0. The van der Waals surface area contributed by atoms with E-state index in [-0.39, 0.29) is 11.7 Å². The van der Waals surface area contributed by atoms with Crippen LogP contribution in [-0.2, 0) is 0 Å². The fourth-order valence-corrected chi connectivity index (χ4v) is 2.54. The van der Waals surface area contributed by atoms with Crippen molar-refractivity contribution >= 4 is 17.3 Å². The van der Waals surface area contributed by atoms with Crippen LogP contribution in [0.5, 0.6) is 0 Å². The summed E-state index contributed by atoms with van der Waals surface area (Å²) in [6.07, 6.45) is 3.83. The second kappa shape index (κ2) is 5.95. The molecule has 110 valence electrons. The highest BCUT2D eigenvalue weighted by Crippen LogP contribution is 2.21. The minimum absolute atomic E-state index is 0.160. The average Bonchev–Trinajstić information content (AvgIpc) is 2.96. The van der Waals surface area contributed by atoms with Crippen LogP contribution in [0.15, 0.2) is 24.3 Å². The van der Waals surface area contributed by atoms with Crippen molar-refractivity contribution in [3.63, 3.8) is 0 Å². The minimum atomic E-state index is -0.301. The van der Waals surface area contributed by atoms with Crippen LogP contribution in [0.2, 0.25) is 0 Å². The van der Waals surface area contributed by atoms with Crippen molar-refractivity contribution in [3.8, 4) is 0 Å². The number of aromatic nitrogens is 3. The zero-order valence-corrected chi connectivity index (χ0v) is 12.1. The summed E-state index contributed by atoms with van der Waals surface area (Å²) in [5, 5.41) is 9.30. The molecule has 1 aromatic carbocycles. The molecule has 1 fully saturated rings. The largest absolute Gasteiger partial charge is 0.372 e. The Morgan fingerprint density at radius 1 is 1.19 bits per heavy atom. The fraction of sp³-hybridized carbons (Fsp3) is 0.400. The Hall–Kier alpha value is -2.37. The van der Waals surface area contributed by atoms with Crippen molar-refractivity contribution in [3.05, 3.63) is 35.9 Å². The second-order valence-electron chi connectivity index (χ2n) is 5.29. The lowest BCUT2D eigenvalue weighted by atomic mass is 10.1. The molecule has 6 heteroatoms. The summed E-state index contributed by atoms with van der Waals surface area (Å²) in [6.45, 7) is 3.99. The van der Waals surface area contributed by atoms with Crippen molar-refractivity contribution in [2.45, 2.75) is 26.2 Å². The Morgan fingerprint density at radius 3 is 2.52 bits per heavy atom. The van der Waals surface area contributed by atoms with E-state index in [9.17, 15) is 4.79 Å². The van der Waals surface area contributed by atoms with Gasteiger partial charge in [-0.25, -0.2) is 4.98 Å². The number of H-pyrrole nitrogens is 1. The van der Waals surface area contributed by atoms with Crippen molar-refractivity contribution in [1.29, 1.82) is 0 Å². The molecule has 0 bridgehead atoms. The summed E-state index contributed by atoms with van der Waals surface area (Å²) in [7, 11) is 0. The number of aromatic amines is 1. The third kappa shape index (κ3) is 3.21. The van der Waals surface area contributed by atoms with Crippen LogP contribution in [-0.4, -0.2) is 34.2 Å². The predicted octanol–water partition coefficient (Wildman–Crippen LogP) is 2.36. The summed E-state index contributed by atoms with van der Waals surface area (Å²) in [6, 6.07) is 7.93. The maximum Gasteiger partial charge on any atom is 0.295 e. The van der Waals surface area contributed by atoms with Crippen LogP contribution in [0.1, 0.15) is 35.7 Å².